The average Bonchev–Trinajstić information content (AvgIpc) is 2.44. The van der Waals surface area contributed by atoms with Crippen molar-refractivity contribution in [3.63, 3.8) is 0 Å². The Balaban J connectivity index is 1.73. The molecule has 1 N–H and O–H groups in total. The van der Waals surface area contributed by atoms with Crippen LogP contribution in [0.3, 0.4) is 0 Å². The first kappa shape index (κ1) is 15.1. The summed E-state index contributed by atoms with van der Waals surface area (Å²) in [5.74, 6) is 0.0476. The molecule has 1 heterocycles. The van der Waals surface area contributed by atoms with Gasteiger partial charge in [0, 0.05) is 11.6 Å². The van der Waals surface area contributed by atoms with E-state index in [2.05, 4.69) is 0 Å². The molecule has 0 radical (unpaired) electrons. The highest BCUT2D eigenvalue weighted by Crippen LogP contribution is 2.19. The van der Waals surface area contributed by atoms with Crippen molar-refractivity contribution in [2.75, 3.05) is 19.7 Å². The normalized spacial score (nSPS) is 19.8. The summed E-state index contributed by atoms with van der Waals surface area (Å²) in [5, 5.41) is 9.84. The topological polar surface area (TPSA) is 49.8 Å². The highest BCUT2D eigenvalue weighted by atomic mass is 35.5. The van der Waals surface area contributed by atoms with Crippen molar-refractivity contribution in [3.05, 3.63) is 29.3 Å². The number of carboxylic acid groups (broad SMARTS) is 1. The van der Waals surface area contributed by atoms with Crippen molar-refractivity contribution in [2.24, 2.45) is 0 Å². The number of benzene rings is 1. The average molecular weight is 298 g/mol. The third kappa shape index (κ3) is 4.39. The second-order valence-electron chi connectivity index (χ2n) is 5.05. The van der Waals surface area contributed by atoms with E-state index in [-0.39, 0.29) is 6.04 Å². The summed E-state index contributed by atoms with van der Waals surface area (Å²) in [6.45, 7) is 2.20. The minimum Gasteiger partial charge on any atom is -0.493 e. The number of halogens is 1. The monoisotopic (exact) mass is 297 g/mol. The third-order valence-corrected chi connectivity index (χ3v) is 3.79. The molecule has 1 aliphatic heterocycles. The van der Waals surface area contributed by atoms with Crippen molar-refractivity contribution < 1.29 is 14.6 Å². The van der Waals surface area contributed by atoms with Crippen LogP contribution in [0.2, 0.25) is 5.02 Å². The van der Waals surface area contributed by atoms with E-state index in [4.69, 9.17) is 16.3 Å². The van der Waals surface area contributed by atoms with E-state index in [1.165, 1.54) is 0 Å². The fourth-order valence-corrected chi connectivity index (χ4v) is 2.73. The molecule has 1 atom stereocenters. The first-order valence-electron chi connectivity index (χ1n) is 7.02. The van der Waals surface area contributed by atoms with Gasteiger partial charge in [0.05, 0.1) is 6.61 Å². The minimum atomic E-state index is -0.708. The zero-order valence-corrected chi connectivity index (χ0v) is 12.2. The van der Waals surface area contributed by atoms with Crippen LogP contribution in [0.1, 0.15) is 25.7 Å². The van der Waals surface area contributed by atoms with Crippen molar-refractivity contribution >= 4 is 17.6 Å². The van der Waals surface area contributed by atoms with Gasteiger partial charge in [-0.05, 0) is 44.0 Å². The molecule has 4 nitrogen and oxygen atoms in total. The van der Waals surface area contributed by atoms with Gasteiger partial charge in [0.15, 0.2) is 0 Å². The number of piperidine rings is 1. The standard InChI is InChI=1S/C15H20ClNO3/c16-12-5-3-6-13(11-12)20-10-4-9-17-8-2-1-7-14(17)15(18)19/h3,5-6,11,14H,1-2,4,7-10H2,(H,18,19). The van der Waals surface area contributed by atoms with E-state index in [1.54, 1.807) is 12.1 Å². The number of rotatable bonds is 6. The van der Waals surface area contributed by atoms with Gasteiger partial charge < -0.3 is 9.84 Å². The number of hydrogen-bond donors (Lipinski definition) is 1. The summed E-state index contributed by atoms with van der Waals surface area (Å²) in [5.41, 5.74) is 0. The predicted molar refractivity (Wildman–Crippen MR) is 78.4 cm³/mol. The Morgan fingerprint density at radius 2 is 2.30 bits per heavy atom. The van der Waals surface area contributed by atoms with Gasteiger partial charge in [0.2, 0.25) is 0 Å². The summed E-state index contributed by atoms with van der Waals surface area (Å²) in [7, 11) is 0. The highest BCUT2D eigenvalue weighted by Gasteiger charge is 2.27. The fraction of sp³-hybridized carbons (Fsp3) is 0.533. The maximum absolute atomic E-state index is 11.2. The molecule has 1 fully saturated rings. The molecular weight excluding hydrogens is 278 g/mol. The largest absolute Gasteiger partial charge is 0.493 e. The molecule has 1 aromatic carbocycles. The summed E-state index contributed by atoms with van der Waals surface area (Å²) < 4.78 is 5.62. The van der Waals surface area contributed by atoms with Gasteiger partial charge in [-0.15, -0.1) is 0 Å². The Morgan fingerprint density at radius 3 is 3.05 bits per heavy atom. The number of carbonyl (C=O) groups is 1. The fourth-order valence-electron chi connectivity index (χ4n) is 2.55. The number of hydrogen-bond acceptors (Lipinski definition) is 3. The molecule has 1 aromatic rings. The van der Waals surface area contributed by atoms with Gasteiger partial charge in [-0.1, -0.05) is 24.1 Å². The SMILES string of the molecule is O=C(O)C1CCCCN1CCCOc1cccc(Cl)c1. The molecule has 1 aliphatic rings. The lowest BCUT2D eigenvalue weighted by Gasteiger charge is -2.32. The second kappa shape index (κ2) is 7.50. The van der Waals surface area contributed by atoms with Crippen LogP contribution in [-0.2, 0) is 4.79 Å². The molecule has 0 aromatic heterocycles. The molecule has 0 bridgehead atoms. The van der Waals surface area contributed by atoms with Crippen LogP contribution in [0.4, 0.5) is 0 Å². The third-order valence-electron chi connectivity index (χ3n) is 3.55. The first-order chi connectivity index (χ1) is 9.66. The van der Waals surface area contributed by atoms with E-state index < -0.39 is 5.97 Å². The number of likely N-dealkylation sites (tertiary alicyclic amines) is 1. The Morgan fingerprint density at radius 1 is 1.45 bits per heavy atom. The van der Waals surface area contributed by atoms with Gasteiger partial charge in [-0.2, -0.15) is 0 Å². The number of carboxylic acids is 1. The minimum absolute atomic E-state index is 0.324. The Labute approximate surface area is 124 Å². The lowest BCUT2D eigenvalue weighted by molar-refractivity contribution is -0.144. The van der Waals surface area contributed by atoms with E-state index in [1.807, 2.05) is 17.0 Å². The van der Waals surface area contributed by atoms with Gasteiger partial charge >= 0.3 is 5.97 Å². The quantitative estimate of drug-likeness (QED) is 0.820. The van der Waals surface area contributed by atoms with Crippen molar-refractivity contribution in [1.82, 2.24) is 4.90 Å². The summed E-state index contributed by atoms with van der Waals surface area (Å²) in [4.78, 5) is 13.2. The van der Waals surface area contributed by atoms with Crippen molar-refractivity contribution in [2.45, 2.75) is 31.7 Å². The summed E-state index contributed by atoms with van der Waals surface area (Å²) in [6, 6.07) is 6.98. The molecular formula is C15H20ClNO3. The molecule has 5 heteroatoms. The van der Waals surface area contributed by atoms with Gasteiger partial charge in [0.1, 0.15) is 11.8 Å². The summed E-state index contributed by atoms with van der Waals surface area (Å²) in [6.07, 6.45) is 3.66. The molecule has 110 valence electrons. The first-order valence-corrected chi connectivity index (χ1v) is 7.40. The second-order valence-corrected chi connectivity index (χ2v) is 5.48. The van der Waals surface area contributed by atoms with Crippen LogP contribution in [0, 0.1) is 0 Å². The van der Waals surface area contributed by atoms with Crippen molar-refractivity contribution in [3.8, 4) is 5.75 Å². The van der Waals surface area contributed by atoms with E-state index in [0.717, 1.165) is 44.5 Å². The van der Waals surface area contributed by atoms with Crippen LogP contribution < -0.4 is 4.74 Å². The van der Waals surface area contributed by atoms with E-state index >= 15 is 0 Å². The molecule has 1 unspecified atom stereocenters. The molecule has 0 amide bonds. The maximum atomic E-state index is 11.2. The zero-order valence-electron chi connectivity index (χ0n) is 11.4. The Hall–Kier alpha value is -1.26. The molecule has 20 heavy (non-hydrogen) atoms. The van der Waals surface area contributed by atoms with Crippen LogP contribution >= 0.6 is 11.6 Å². The molecule has 2 rings (SSSR count). The van der Waals surface area contributed by atoms with Crippen LogP contribution in [0.15, 0.2) is 24.3 Å². The molecule has 1 saturated heterocycles. The maximum Gasteiger partial charge on any atom is 0.320 e. The smallest absolute Gasteiger partial charge is 0.320 e. The van der Waals surface area contributed by atoms with Crippen LogP contribution in [0.5, 0.6) is 5.75 Å². The summed E-state index contributed by atoms with van der Waals surface area (Å²) >= 11 is 5.88. The number of ether oxygens (including phenoxy) is 1. The van der Waals surface area contributed by atoms with Gasteiger partial charge in [-0.3, -0.25) is 9.69 Å². The highest BCUT2D eigenvalue weighted by molar-refractivity contribution is 6.30. The zero-order chi connectivity index (χ0) is 14.4. The lowest BCUT2D eigenvalue weighted by Crippen LogP contribution is -2.45. The lowest BCUT2D eigenvalue weighted by atomic mass is 10.0. The van der Waals surface area contributed by atoms with Crippen LogP contribution in [-0.4, -0.2) is 41.7 Å². The molecule has 0 spiro atoms. The number of nitrogens with zero attached hydrogens (tertiary/aromatic N) is 1. The van der Waals surface area contributed by atoms with E-state index in [9.17, 15) is 9.90 Å². The van der Waals surface area contributed by atoms with Crippen LogP contribution in [0.25, 0.3) is 0 Å². The van der Waals surface area contributed by atoms with Gasteiger partial charge in [0.25, 0.3) is 0 Å². The Bertz CT molecular complexity index is 452. The van der Waals surface area contributed by atoms with Crippen molar-refractivity contribution in [1.29, 1.82) is 0 Å². The molecule has 0 aliphatic carbocycles. The predicted octanol–water partition coefficient (Wildman–Crippen LogP) is 3.05. The van der Waals surface area contributed by atoms with E-state index in [0.29, 0.717) is 11.6 Å². The van der Waals surface area contributed by atoms with Gasteiger partial charge in [-0.25, -0.2) is 0 Å². The molecule has 0 saturated carbocycles. The Kier molecular flexibility index (Phi) is 5.68. The number of aliphatic carboxylic acids is 1.